The number of carbonyl (C=O) groups excluding carboxylic acids is 1. The lowest BCUT2D eigenvalue weighted by Crippen LogP contribution is -2.50. The lowest BCUT2D eigenvalue weighted by Gasteiger charge is -2.32. The number of alkyl halides is 3. The average molecular weight is 571 g/mol. The number of hydrogen-bond donors (Lipinski definition) is 3. The van der Waals surface area contributed by atoms with E-state index in [1.165, 1.54) is 0 Å². The van der Waals surface area contributed by atoms with E-state index in [-0.39, 0.29) is 42.5 Å². The quantitative estimate of drug-likeness (QED) is 0.242. The van der Waals surface area contributed by atoms with E-state index >= 15 is 0 Å². The van der Waals surface area contributed by atoms with Gasteiger partial charge < -0.3 is 20.7 Å². The minimum absolute atomic E-state index is 0. The summed E-state index contributed by atoms with van der Waals surface area (Å²) in [5.41, 5.74) is 1.57. The third-order valence-electron chi connectivity index (χ3n) is 4.86. The molecule has 1 heterocycles. The smallest absolute Gasteiger partial charge is 0.367 e. The number of likely N-dealkylation sites (tertiary alicyclic amines) is 1. The van der Waals surface area contributed by atoms with Crippen molar-refractivity contribution in [2.45, 2.75) is 45.1 Å². The lowest BCUT2D eigenvalue weighted by molar-refractivity contribution is -0.176. The van der Waals surface area contributed by atoms with Crippen LogP contribution in [0.25, 0.3) is 0 Å². The molecule has 32 heavy (non-hydrogen) atoms. The molecule has 7 nitrogen and oxygen atoms in total. The zero-order valence-corrected chi connectivity index (χ0v) is 20.8. The summed E-state index contributed by atoms with van der Waals surface area (Å²) in [7, 11) is 1.64. The fraction of sp³-hybridized carbons (Fsp3) is 0.619. The molecule has 182 valence electrons. The number of ether oxygens (including phenoxy) is 1. The molecular weight excluding hydrogens is 538 g/mol. The highest BCUT2D eigenvalue weighted by Crippen LogP contribution is 2.16. The number of nitrogens with one attached hydrogen (secondary N) is 3. The predicted molar refractivity (Wildman–Crippen MR) is 129 cm³/mol. The van der Waals surface area contributed by atoms with Gasteiger partial charge in [-0.25, -0.2) is 4.99 Å². The maximum Gasteiger partial charge on any atom is 0.411 e. The fourth-order valence-corrected chi connectivity index (χ4v) is 3.30. The number of guanidine groups is 1. The van der Waals surface area contributed by atoms with Gasteiger partial charge in [0.25, 0.3) is 0 Å². The third-order valence-corrected chi connectivity index (χ3v) is 4.86. The highest BCUT2D eigenvalue weighted by molar-refractivity contribution is 14.0. The van der Waals surface area contributed by atoms with Crippen LogP contribution in [0.15, 0.2) is 29.3 Å². The van der Waals surface area contributed by atoms with Crippen molar-refractivity contribution in [3.8, 4) is 0 Å². The van der Waals surface area contributed by atoms with Crippen molar-refractivity contribution in [3.63, 3.8) is 0 Å². The summed E-state index contributed by atoms with van der Waals surface area (Å²) in [4.78, 5) is 18.3. The highest BCUT2D eigenvalue weighted by Gasteiger charge is 2.27. The molecule has 0 aliphatic carbocycles. The maximum absolute atomic E-state index is 12.2. The molecule has 1 saturated heterocycles. The Hall–Kier alpha value is -1.60. The molecule has 0 atom stereocenters. The van der Waals surface area contributed by atoms with Crippen LogP contribution in [0.2, 0.25) is 0 Å². The van der Waals surface area contributed by atoms with Gasteiger partial charge in [-0.2, -0.15) is 13.2 Å². The van der Waals surface area contributed by atoms with Crippen LogP contribution in [-0.2, 0) is 22.7 Å². The fourth-order valence-electron chi connectivity index (χ4n) is 3.30. The van der Waals surface area contributed by atoms with E-state index in [4.69, 9.17) is 4.74 Å². The summed E-state index contributed by atoms with van der Waals surface area (Å²) in [5, 5.41) is 9.32. The van der Waals surface area contributed by atoms with Crippen LogP contribution in [0.1, 0.15) is 30.9 Å². The average Bonchev–Trinajstić information content (AvgIpc) is 2.73. The van der Waals surface area contributed by atoms with E-state index in [9.17, 15) is 18.0 Å². The second-order valence-corrected chi connectivity index (χ2v) is 7.49. The SMILES string of the molecule is CCNC(=NCc1cccc(COCC(F)(F)F)c1)NC1CCN(CC(=O)NC)CC1.I. The zero-order chi connectivity index (χ0) is 22.7. The van der Waals surface area contributed by atoms with E-state index in [1.54, 1.807) is 25.2 Å². The molecule has 3 N–H and O–H groups in total. The van der Waals surface area contributed by atoms with Crippen molar-refractivity contribution in [3.05, 3.63) is 35.4 Å². The summed E-state index contributed by atoms with van der Waals surface area (Å²) >= 11 is 0. The summed E-state index contributed by atoms with van der Waals surface area (Å²) in [6.07, 6.45) is -2.51. The Balaban J connectivity index is 0.00000512. The Morgan fingerprint density at radius 2 is 1.94 bits per heavy atom. The predicted octanol–water partition coefficient (Wildman–Crippen LogP) is 2.65. The molecule has 1 aliphatic heterocycles. The summed E-state index contributed by atoms with van der Waals surface area (Å²) in [6, 6.07) is 7.48. The van der Waals surface area contributed by atoms with Crippen molar-refractivity contribution in [1.82, 2.24) is 20.9 Å². The van der Waals surface area contributed by atoms with Gasteiger partial charge in [-0.1, -0.05) is 24.3 Å². The number of piperidine rings is 1. The topological polar surface area (TPSA) is 78.0 Å². The molecule has 2 rings (SSSR count). The van der Waals surface area contributed by atoms with Gasteiger partial charge in [0, 0.05) is 32.7 Å². The number of nitrogens with zero attached hydrogens (tertiary/aromatic N) is 2. The van der Waals surface area contributed by atoms with Gasteiger partial charge in [0.05, 0.1) is 19.7 Å². The minimum atomic E-state index is -4.33. The van der Waals surface area contributed by atoms with Crippen LogP contribution in [0.4, 0.5) is 13.2 Å². The Morgan fingerprint density at radius 3 is 2.56 bits per heavy atom. The minimum Gasteiger partial charge on any atom is -0.367 e. The molecule has 0 unspecified atom stereocenters. The Morgan fingerprint density at radius 1 is 1.25 bits per heavy atom. The Bertz CT molecular complexity index is 726. The zero-order valence-electron chi connectivity index (χ0n) is 18.5. The van der Waals surface area contributed by atoms with Gasteiger partial charge in [-0.05, 0) is 30.9 Å². The molecule has 11 heteroatoms. The van der Waals surface area contributed by atoms with E-state index < -0.39 is 12.8 Å². The molecule has 1 fully saturated rings. The van der Waals surface area contributed by atoms with E-state index in [1.807, 2.05) is 13.0 Å². The first-order valence-corrected chi connectivity index (χ1v) is 10.5. The van der Waals surface area contributed by atoms with Crippen molar-refractivity contribution in [2.24, 2.45) is 4.99 Å². The second kappa shape index (κ2) is 14.5. The van der Waals surface area contributed by atoms with Gasteiger partial charge in [0.1, 0.15) is 6.61 Å². The molecule has 1 aromatic rings. The molecule has 0 bridgehead atoms. The van der Waals surface area contributed by atoms with Crippen molar-refractivity contribution < 1.29 is 22.7 Å². The summed E-state index contributed by atoms with van der Waals surface area (Å²) in [5.74, 6) is 0.721. The first-order chi connectivity index (χ1) is 14.8. The van der Waals surface area contributed by atoms with Gasteiger partial charge in [0.2, 0.25) is 5.91 Å². The van der Waals surface area contributed by atoms with Crippen LogP contribution in [0.3, 0.4) is 0 Å². The number of hydrogen-bond acceptors (Lipinski definition) is 4. The molecule has 0 spiro atoms. The van der Waals surface area contributed by atoms with Crippen LogP contribution >= 0.6 is 24.0 Å². The van der Waals surface area contributed by atoms with Crippen LogP contribution in [-0.4, -0.2) is 68.8 Å². The number of rotatable bonds is 9. The van der Waals surface area contributed by atoms with Crippen LogP contribution < -0.4 is 16.0 Å². The van der Waals surface area contributed by atoms with Crippen molar-refractivity contribution >= 4 is 35.8 Å². The van der Waals surface area contributed by atoms with Gasteiger partial charge in [-0.3, -0.25) is 9.69 Å². The van der Waals surface area contributed by atoms with E-state index in [0.29, 0.717) is 31.2 Å². The monoisotopic (exact) mass is 571 g/mol. The number of benzene rings is 1. The number of carbonyl (C=O) groups is 1. The molecule has 1 aromatic carbocycles. The second-order valence-electron chi connectivity index (χ2n) is 7.49. The lowest BCUT2D eigenvalue weighted by atomic mass is 10.1. The first-order valence-electron chi connectivity index (χ1n) is 10.5. The Labute approximate surface area is 204 Å². The molecule has 0 radical (unpaired) electrons. The van der Waals surface area contributed by atoms with Crippen molar-refractivity contribution in [2.75, 3.05) is 39.8 Å². The molecule has 0 saturated carbocycles. The number of aliphatic imine (C=N–C) groups is 1. The van der Waals surface area contributed by atoms with Crippen LogP contribution in [0, 0.1) is 0 Å². The number of likely N-dealkylation sites (N-methyl/N-ethyl adjacent to an activating group) is 1. The highest BCUT2D eigenvalue weighted by atomic mass is 127. The van der Waals surface area contributed by atoms with E-state index in [0.717, 1.165) is 31.5 Å². The molecule has 1 amide bonds. The van der Waals surface area contributed by atoms with Gasteiger partial charge in [0.15, 0.2) is 5.96 Å². The number of amides is 1. The first kappa shape index (κ1) is 28.4. The molecular formula is C21H33F3IN5O2. The standard InChI is InChI=1S/C21H32F3N5O2.HI/c1-3-26-20(28-18-7-9-29(10-8-18)13-19(30)25-2)27-12-16-5-4-6-17(11-16)14-31-15-21(22,23)24;/h4-6,11,18H,3,7-10,12-15H2,1-2H3,(H,25,30)(H2,26,27,28);1H. The normalized spacial score (nSPS) is 15.7. The molecule has 0 aromatic heterocycles. The van der Waals surface area contributed by atoms with Gasteiger partial charge >= 0.3 is 6.18 Å². The summed E-state index contributed by atoms with van der Waals surface area (Å²) < 4.78 is 41.4. The number of halogens is 4. The van der Waals surface area contributed by atoms with Gasteiger partial charge in [-0.15, -0.1) is 24.0 Å². The van der Waals surface area contributed by atoms with E-state index in [2.05, 4.69) is 25.8 Å². The maximum atomic E-state index is 12.2. The van der Waals surface area contributed by atoms with Crippen molar-refractivity contribution in [1.29, 1.82) is 0 Å². The Kier molecular flexibility index (Phi) is 12.9. The summed E-state index contributed by atoms with van der Waals surface area (Å²) in [6.45, 7) is 3.84. The largest absolute Gasteiger partial charge is 0.411 e. The van der Waals surface area contributed by atoms with Crippen LogP contribution in [0.5, 0.6) is 0 Å². The third kappa shape index (κ3) is 11.3. The molecule has 1 aliphatic rings.